The Balaban J connectivity index is 2.43. The van der Waals surface area contributed by atoms with Gasteiger partial charge >= 0.3 is 0 Å². The van der Waals surface area contributed by atoms with Gasteiger partial charge in [-0.05, 0) is 24.1 Å². The highest BCUT2D eigenvalue weighted by atomic mass is 32.2. The fraction of sp³-hybridized carbons (Fsp3) is 0.143. The molecule has 0 amide bonds. The van der Waals surface area contributed by atoms with Crippen LogP contribution in [-0.2, 0) is 0 Å². The third kappa shape index (κ3) is 2.39. The summed E-state index contributed by atoms with van der Waals surface area (Å²) in [6.07, 6.45) is 0. The smallest absolute Gasteiger partial charge is 0.0530 e. The molecule has 0 atom stereocenters. The molecule has 0 saturated carbocycles. The lowest BCUT2D eigenvalue weighted by Gasteiger charge is -1.98. The molecule has 0 aliphatic heterocycles. The Morgan fingerprint density at radius 2 is 2.00 bits per heavy atom. The minimum atomic E-state index is 0.500. The van der Waals surface area contributed by atoms with Crippen LogP contribution in [0.2, 0.25) is 0 Å². The largest absolute Gasteiger partial charge is 0.318 e. The Bertz CT molecular complexity index is 176. The van der Waals surface area contributed by atoms with Crippen molar-refractivity contribution in [2.24, 2.45) is 5.73 Å². The van der Waals surface area contributed by atoms with Crippen LogP contribution < -0.4 is 10.5 Å². The average molecular weight is 154 g/mol. The molecule has 0 aliphatic rings. The molecular formula is C7H10N2S. The van der Waals surface area contributed by atoms with E-state index in [0.717, 1.165) is 0 Å². The van der Waals surface area contributed by atoms with Gasteiger partial charge in [0.1, 0.15) is 0 Å². The molecule has 1 aromatic carbocycles. The lowest BCUT2D eigenvalue weighted by molar-refractivity contribution is 0.984. The van der Waals surface area contributed by atoms with Gasteiger partial charge in [-0.2, -0.15) is 0 Å². The molecule has 1 rings (SSSR count). The van der Waals surface area contributed by atoms with Crippen LogP contribution in [0.25, 0.3) is 0 Å². The number of nitrogens with two attached hydrogens (primary N) is 1. The first-order valence-electron chi connectivity index (χ1n) is 3.08. The van der Waals surface area contributed by atoms with E-state index in [-0.39, 0.29) is 0 Å². The molecule has 0 unspecified atom stereocenters. The normalized spacial score (nSPS) is 9.70. The quantitative estimate of drug-likeness (QED) is 0.507. The summed E-state index contributed by atoms with van der Waals surface area (Å²) >= 11 is 1.55. The Kier molecular flexibility index (Phi) is 3.29. The highest BCUT2D eigenvalue weighted by molar-refractivity contribution is 7.97. The van der Waals surface area contributed by atoms with Crippen molar-refractivity contribution in [3.63, 3.8) is 0 Å². The maximum absolute atomic E-state index is 5.24. The third-order valence-electron chi connectivity index (χ3n) is 1.02. The SMILES string of the molecule is NCNSc1ccccc1. The fourth-order valence-electron chi connectivity index (χ4n) is 0.614. The molecular weight excluding hydrogens is 144 g/mol. The monoisotopic (exact) mass is 154 g/mol. The first kappa shape index (κ1) is 7.60. The summed E-state index contributed by atoms with van der Waals surface area (Å²) in [5.41, 5.74) is 5.24. The molecule has 3 heteroatoms. The van der Waals surface area contributed by atoms with E-state index in [1.54, 1.807) is 11.9 Å². The molecule has 54 valence electrons. The summed E-state index contributed by atoms with van der Waals surface area (Å²) in [7, 11) is 0. The van der Waals surface area contributed by atoms with Gasteiger partial charge in [0.25, 0.3) is 0 Å². The Labute approximate surface area is 64.9 Å². The van der Waals surface area contributed by atoms with Gasteiger partial charge in [-0.15, -0.1) is 0 Å². The molecule has 0 aliphatic carbocycles. The van der Waals surface area contributed by atoms with E-state index in [2.05, 4.69) is 4.72 Å². The Hall–Kier alpha value is -0.510. The van der Waals surface area contributed by atoms with Crippen LogP contribution in [0.3, 0.4) is 0 Å². The maximum atomic E-state index is 5.24. The Morgan fingerprint density at radius 1 is 1.30 bits per heavy atom. The standard InChI is InChI=1S/C7H10N2S/c8-6-9-10-7-4-2-1-3-5-7/h1-5,9H,6,8H2. The molecule has 1 aromatic rings. The van der Waals surface area contributed by atoms with Gasteiger partial charge < -0.3 is 5.73 Å². The van der Waals surface area contributed by atoms with Crippen molar-refractivity contribution in [2.75, 3.05) is 6.67 Å². The van der Waals surface area contributed by atoms with Crippen LogP contribution in [0.5, 0.6) is 0 Å². The van der Waals surface area contributed by atoms with Crippen molar-refractivity contribution in [3.8, 4) is 0 Å². The van der Waals surface area contributed by atoms with E-state index in [1.807, 2.05) is 30.3 Å². The second kappa shape index (κ2) is 4.33. The second-order valence-corrected chi connectivity index (χ2v) is 2.73. The van der Waals surface area contributed by atoms with Crippen LogP contribution in [0, 0.1) is 0 Å². The van der Waals surface area contributed by atoms with Gasteiger partial charge in [-0.3, -0.25) is 0 Å². The lowest BCUT2D eigenvalue weighted by atomic mass is 10.4. The number of hydrogen-bond acceptors (Lipinski definition) is 3. The number of hydrogen-bond donors (Lipinski definition) is 2. The van der Waals surface area contributed by atoms with Gasteiger partial charge in [0.2, 0.25) is 0 Å². The van der Waals surface area contributed by atoms with E-state index in [4.69, 9.17) is 5.73 Å². The third-order valence-corrected chi connectivity index (χ3v) is 1.84. The van der Waals surface area contributed by atoms with Crippen molar-refractivity contribution >= 4 is 11.9 Å². The Morgan fingerprint density at radius 3 is 2.60 bits per heavy atom. The summed E-state index contributed by atoms with van der Waals surface area (Å²) in [6.45, 7) is 0.500. The molecule has 0 radical (unpaired) electrons. The molecule has 0 spiro atoms. The number of nitrogens with one attached hydrogen (secondary N) is 1. The topological polar surface area (TPSA) is 38.0 Å². The highest BCUT2D eigenvalue weighted by Crippen LogP contribution is 2.11. The van der Waals surface area contributed by atoms with E-state index in [9.17, 15) is 0 Å². The summed E-state index contributed by atoms with van der Waals surface area (Å²) in [5.74, 6) is 0. The summed E-state index contributed by atoms with van der Waals surface area (Å²) < 4.78 is 2.96. The highest BCUT2D eigenvalue weighted by Gasteiger charge is 1.86. The zero-order valence-corrected chi connectivity index (χ0v) is 6.40. The predicted octanol–water partition coefficient (Wildman–Crippen LogP) is 1.20. The first-order chi connectivity index (χ1) is 4.93. The van der Waals surface area contributed by atoms with E-state index < -0.39 is 0 Å². The van der Waals surface area contributed by atoms with E-state index in [0.29, 0.717) is 6.67 Å². The van der Waals surface area contributed by atoms with Crippen LogP contribution >= 0.6 is 11.9 Å². The molecule has 10 heavy (non-hydrogen) atoms. The van der Waals surface area contributed by atoms with Crippen LogP contribution in [0.1, 0.15) is 0 Å². The molecule has 0 heterocycles. The van der Waals surface area contributed by atoms with Crippen molar-refractivity contribution in [2.45, 2.75) is 4.90 Å². The minimum absolute atomic E-state index is 0.500. The summed E-state index contributed by atoms with van der Waals surface area (Å²) in [5, 5.41) is 0. The summed E-state index contributed by atoms with van der Waals surface area (Å²) in [4.78, 5) is 1.19. The molecule has 0 saturated heterocycles. The first-order valence-corrected chi connectivity index (χ1v) is 3.90. The molecule has 3 N–H and O–H groups in total. The average Bonchev–Trinajstić information content (AvgIpc) is 2.03. The fourth-order valence-corrected chi connectivity index (χ4v) is 1.16. The van der Waals surface area contributed by atoms with Crippen molar-refractivity contribution in [1.29, 1.82) is 0 Å². The molecule has 2 nitrogen and oxygen atoms in total. The van der Waals surface area contributed by atoms with Crippen LogP contribution in [-0.4, -0.2) is 6.67 Å². The zero-order chi connectivity index (χ0) is 7.23. The molecule has 0 fully saturated rings. The lowest BCUT2D eigenvalue weighted by Crippen LogP contribution is -2.13. The van der Waals surface area contributed by atoms with Gasteiger partial charge in [-0.25, -0.2) is 4.72 Å². The van der Waals surface area contributed by atoms with Gasteiger partial charge in [0, 0.05) is 4.90 Å². The molecule has 0 aromatic heterocycles. The van der Waals surface area contributed by atoms with Crippen molar-refractivity contribution in [1.82, 2.24) is 4.72 Å². The predicted molar refractivity (Wildman–Crippen MR) is 44.5 cm³/mol. The summed E-state index contributed by atoms with van der Waals surface area (Å²) in [6, 6.07) is 10.1. The van der Waals surface area contributed by atoms with Gasteiger partial charge in [0.15, 0.2) is 0 Å². The van der Waals surface area contributed by atoms with Gasteiger partial charge in [0.05, 0.1) is 6.67 Å². The van der Waals surface area contributed by atoms with E-state index in [1.165, 1.54) is 4.90 Å². The van der Waals surface area contributed by atoms with Crippen molar-refractivity contribution in [3.05, 3.63) is 30.3 Å². The maximum Gasteiger partial charge on any atom is 0.0530 e. The molecule has 0 bridgehead atoms. The minimum Gasteiger partial charge on any atom is -0.318 e. The van der Waals surface area contributed by atoms with E-state index >= 15 is 0 Å². The van der Waals surface area contributed by atoms with Crippen LogP contribution in [0.15, 0.2) is 35.2 Å². The van der Waals surface area contributed by atoms with Crippen LogP contribution in [0.4, 0.5) is 0 Å². The van der Waals surface area contributed by atoms with Crippen molar-refractivity contribution < 1.29 is 0 Å². The van der Waals surface area contributed by atoms with Gasteiger partial charge in [-0.1, -0.05) is 18.2 Å². The second-order valence-electron chi connectivity index (χ2n) is 1.76. The number of rotatable bonds is 3. The zero-order valence-electron chi connectivity index (χ0n) is 5.58. The number of benzene rings is 1.